The number of sulfonamides is 1. The fourth-order valence-corrected chi connectivity index (χ4v) is 4.47. The summed E-state index contributed by atoms with van der Waals surface area (Å²) in [4.78, 5) is 24.1. The van der Waals surface area contributed by atoms with Crippen molar-refractivity contribution in [2.24, 2.45) is 0 Å². The van der Waals surface area contributed by atoms with Crippen LogP contribution in [0.1, 0.15) is 5.56 Å². The Morgan fingerprint density at radius 3 is 2.45 bits per heavy atom. The van der Waals surface area contributed by atoms with Crippen molar-refractivity contribution in [1.29, 1.82) is 0 Å². The quantitative estimate of drug-likeness (QED) is 0.455. The van der Waals surface area contributed by atoms with Crippen molar-refractivity contribution in [1.82, 2.24) is 19.0 Å². The molecule has 12 heteroatoms. The van der Waals surface area contributed by atoms with E-state index in [-0.39, 0.29) is 48.9 Å². The number of rotatable bonds is 6. The van der Waals surface area contributed by atoms with Crippen LogP contribution in [-0.4, -0.2) is 64.4 Å². The van der Waals surface area contributed by atoms with Gasteiger partial charge >= 0.3 is 5.82 Å². The number of hydrogen-bond donors (Lipinski definition) is 0. The summed E-state index contributed by atoms with van der Waals surface area (Å²) in [6.07, 6.45) is 2.90. The van der Waals surface area contributed by atoms with Crippen LogP contribution >= 0.6 is 15.9 Å². The van der Waals surface area contributed by atoms with Crippen molar-refractivity contribution in [3.05, 3.63) is 62.1 Å². The molecule has 1 aliphatic heterocycles. The molecule has 0 atom stereocenters. The summed E-state index contributed by atoms with van der Waals surface area (Å²) in [6, 6.07) is 9.11. The summed E-state index contributed by atoms with van der Waals surface area (Å²) in [5, 5.41) is 15.8. The van der Waals surface area contributed by atoms with Gasteiger partial charge in [-0.05, 0) is 32.5 Å². The lowest BCUT2D eigenvalue weighted by atomic mass is 10.2. The zero-order valence-corrected chi connectivity index (χ0v) is 17.6. The highest BCUT2D eigenvalue weighted by Gasteiger charge is 2.28. The van der Waals surface area contributed by atoms with Crippen LogP contribution in [0, 0.1) is 10.1 Å². The van der Waals surface area contributed by atoms with Crippen LogP contribution in [0.25, 0.3) is 6.08 Å². The zero-order chi connectivity index (χ0) is 21.0. The molecule has 0 bridgehead atoms. The first kappa shape index (κ1) is 21.1. The number of nitro groups is 1. The van der Waals surface area contributed by atoms with Gasteiger partial charge in [0.25, 0.3) is 0 Å². The number of aromatic nitrogens is 2. The Morgan fingerprint density at radius 1 is 1.21 bits per heavy atom. The van der Waals surface area contributed by atoms with E-state index in [2.05, 4.69) is 21.0 Å². The minimum absolute atomic E-state index is 0.160. The second-order valence-corrected chi connectivity index (χ2v) is 8.97. The maximum atomic E-state index is 12.5. The molecule has 1 fully saturated rings. The smallest absolute Gasteiger partial charge is 0.358 e. The Labute approximate surface area is 175 Å². The van der Waals surface area contributed by atoms with Crippen LogP contribution in [0.2, 0.25) is 0 Å². The molecule has 1 aliphatic rings. The van der Waals surface area contributed by atoms with E-state index in [1.807, 2.05) is 18.2 Å². The standard InChI is InChI=1S/C17H18BrN5O5S/c18-15-12-21(19-17(15)23(25)26)13-16(24)20-7-9-22(10-8-20)29(27,28)11-6-14-4-2-1-3-5-14/h1-6,11-12H,7-10,13H2. The first-order valence-electron chi connectivity index (χ1n) is 8.64. The van der Waals surface area contributed by atoms with Gasteiger partial charge in [0.2, 0.25) is 15.9 Å². The number of benzene rings is 1. The van der Waals surface area contributed by atoms with Gasteiger partial charge in [0.15, 0.2) is 0 Å². The molecule has 0 N–H and O–H groups in total. The molecule has 0 saturated carbocycles. The molecule has 3 rings (SSSR count). The van der Waals surface area contributed by atoms with Crippen LogP contribution in [0.15, 0.2) is 46.4 Å². The van der Waals surface area contributed by atoms with Gasteiger partial charge in [0, 0.05) is 31.6 Å². The summed E-state index contributed by atoms with van der Waals surface area (Å²) < 4.78 is 27.7. The Bertz CT molecular complexity index is 1030. The molecule has 10 nitrogen and oxygen atoms in total. The topological polar surface area (TPSA) is 119 Å². The molecule has 0 radical (unpaired) electrons. The highest BCUT2D eigenvalue weighted by atomic mass is 79.9. The number of carbonyl (C=O) groups excluding carboxylic acids is 1. The molecule has 1 amide bonds. The van der Waals surface area contributed by atoms with E-state index in [1.165, 1.54) is 31.6 Å². The number of hydrogen-bond acceptors (Lipinski definition) is 6. The van der Waals surface area contributed by atoms with Crippen LogP contribution in [0.4, 0.5) is 5.82 Å². The van der Waals surface area contributed by atoms with E-state index in [1.54, 1.807) is 12.1 Å². The Balaban J connectivity index is 1.57. The van der Waals surface area contributed by atoms with Gasteiger partial charge in [-0.3, -0.25) is 4.79 Å². The molecule has 1 aromatic heterocycles. The molecule has 29 heavy (non-hydrogen) atoms. The molecule has 1 aromatic carbocycles. The molecule has 154 valence electrons. The van der Waals surface area contributed by atoms with Gasteiger partial charge in [0.05, 0.1) is 11.3 Å². The second-order valence-electron chi connectivity index (χ2n) is 6.29. The van der Waals surface area contributed by atoms with Crippen molar-refractivity contribution in [2.75, 3.05) is 26.2 Å². The minimum atomic E-state index is -3.59. The zero-order valence-electron chi connectivity index (χ0n) is 15.2. The average Bonchev–Trinajstić information content (AvgIpc) is 3.07. The SMILES string of the molecule is O=C(Cn1cc(Br)c([N+](=O)[O-])n1)N1CCN(S(=O)(=O)C=Cc2ccccc2)CC1. The highest BCUT2D eigenvalue weighted by Crippen LogP contribution is 2.22. The first-order chi connectivity index (χ1) is 13.8. The molecule has 2 aromatic rings. The number of halogens is 1. The predicted molar refractivity (Wildman–Crippen MR) is 109 cm³/mol. The molecular weight excluding hydrogens is 466 g/mol. The predicted octanol–water partition coefficient (Wildman–Crippen LogP) is 1.70. The fourth-order valence-electron chi connectivity index (χ4n) is 2.84. The third kappa shape index (κ3) is 5.28. The van der Waals surface area contributed by atoms with E-state index < -0.39 is 14.9 Å². The van der Waals surface area contributed by atoms with Gasteiger partial charge in [-0.25, -0.2) is 8.42 Å². The van der Waals surface area contributed by atoms with Crippen LogP contribution in [0.5, 0.6) is 0 Å². The Morgan fingerprint density at radius 2 is 1.86 bits per heavy atom. The number of amides is 1. The maximum absolute atomic E-state index is 12.5. The Hall–Kier alpha value is -2.57. The third-order valence-corrected chi connectivity index (χ3v) is 6.48. The van der Waals surface area contributed by atoms with E-state index in [9.17, 15) is 23.3 Å². The van der Waals surface area contributed by atoms with E-state index in [0.29, 0.717) is 0 Å². The molecule has 0 spiro atoms. The van der Waals surface area contributed by atoms with E-state index >= 15 is 0 Å². The van der Waals surface area contributed by atoms with Gasteiger partial charge in [-0.15, -0.1) is 0 Å². The number of carbonyl (C=O) groups is 1. The fraction of sp³-hybridized carbons (Fsp3) is 0.294. The van der Waals surface area contributed by atoms with Crippen molar-refractivity contribution in [3.63, 3.8) is 0 Å². The number of nitrogens with zero attached hydrogens (tertiary/aromatic N) is 5. The minimum Gasteiger partial charge on any atom is -0.358 e. The summed E-state index contributed by atoms with van der Waals surface area (Å²) in [5.74, 6) is -0.648. The second kappa shape index (κ2) is 8.84. The number of piperazine rings is 1. The van der Waals surface area contributed by atoms with E-state index in [0.717, 1.165) is 5.56 Å². The molecule has 0 unspecified atom stereocenters. The Kier molecular flexibility index (Phi) is 6.45. The first-order valence-corrected chi connectivity index (χ1v) is 10.9. The molecule has 1 saturated heterocycles. The highest BCUT2D eigenvalue weighted by molar-refractivity contribution is 9.10. The van der Waals surface area contributed by atoms with Crippen LogP contribution in [0.3, 0.4) is 0 Å². The van der Waals surface area contributed by atoms with Gasteiger partial charge < -0.3 is 15.0 Å². The normalized spacial score (nSPS) is 15.7. The van der Waals surface area contributed by atoms with Crippen molar-refractivity contribution >= 4 is 43.8 Å². The largest absolute Gasteiger partial charge is 0.404 e. The average molecular weight is 484 g/mol. The van der Waals surface area contributed by atoms with Gasteiger partial charge in [0.1, 0.15) is 11.0 Å². The van der Waals surface area contributed by atoms with E-state index in [4.69, 9.17) is 0 Å². The van der Waals surface area contributed by atoms with Gasteiger partial charge in [-0.1, -0.05) is 30.3 Å². The summed E-state index contributed by atoms with van der Waals surface area (Å²) >= 11 is 3.04. The monoisotopic (exact) mass is 483 g/mol. The summed E-state index contributed by atoms with van der Waals surface area (Å²) in [6.45, 7) is 0.670. The van der Waals surface area contributed by atoms with Crippen molar-refractivity contribution in [2.45, 2.75) is 6.54 Å². The third-order valence-electron chi connectivity index (χ3n) is 4.35. The lowest BCUT2D eigenvalue weighted by Gasteiger charge is -2.33. The van der Waals surface area contributed by atoms with Crippen LogP contribution in [-0.2, 0) is 21.4 Å². The van der Waals surface area contributed by atoms with Gasteiger partial charge in [-0.2, -0.15) is 8.99 Å². The molecule has 2 heterocycles. The van der Waals surface area contributed by atoms with Crippen molar-refractivity contribution < 1.29 is 18.1 Å². The van der Waals surface area contributed by atoms with Crippen molar-refractivity contribution in [3.8, 4) is 0 Å². The molecule has 0 aliphatic carbocycles. The maximum Gasteiger partial charge on any atom is 0.404 e. The summed E-state index contributed by atoms with van der Waals surface area (Å²) in [5.41, 5.74) is 0.782. The molecular formula is C17H18BrN5O5S. The lowest BCUT2D eigenvalue weighted by Crippen LogP contribution is -2.50. The summed E-state index contributed by atoms with van der Waals surface area (Å²) in [7, 11) is -3.59. The van der Waals surface area contributed by atoms with Crippen LogP contribution < -0.4 is 0 Å². The lowest BCUT2D eigenvalue weighted by molar-refractivity contribution is -0.390.